The van der Waals surface area contributed by atoms with Gasteiger partial charge in [-0.05, 0) is 30.5 Å². The largest absolute Gasteiger partial charge is 0.416 e. The van der Waals surface area contributed by atoms with Crippen LogP contribution in [0.2, 0.25) is 0 Å². The summed E-state index contributed by atoms with van der Waals surface area (Å²) >= 11 is 1.31. The normalized spacial score (nSPS) is 14.3. The van der Waals surface area contributed by atoms with Gasteiger partial charge in [-0.25, -0.2) is 0 Å². The fourth-order valence-electron chi connectivity index (χ4n) is 3.12. The molecule has 2 heterocycles. The maximum atomic E-state index is 12.8. The van der Waals surface area contributed by atoms with Gasteiger partial charge >= 0.3 is 0 Å². The lowest BCUT2D eigenvalue weighted by atomic mass is 10.2. The Labute approximate surface area is 156 Å². The molecule has 0 aliphatic carbocycles. The first kappa shape index (κ1) is 16.8. The molecule has 1 aliphatic heterocycles. The summed E-state index contributed by atoms with van der Waals surface area (Å²) in [5.41, 5.74) is 3.35. The highest BCUT2D eigenvalue weighted by molar-refractivity contribution is 8.00. The molecule has 132 valence electrons. The van der Waals surface area contributed by atoms with Gasteiger partial charge in [0.15, 0.2) is 0 Å². The fourth-order valence-corrected chi connectivity index (χ4v) is 3.88. The van der Waals surface area contributed by atoms with E-state index in [1.54, 1.807) is 0 Å². The standard InChI is InChI=1S/C20H19N3O2S/c1-14(19(24)23-12-11-16-9-5-6-10-17(16)23)26-20-22-21-18(25-20)13-15-7-3-2-4-8-15/h2-10,14H,11-13H2,1H3/t14-/m1/s1. The molecule has 0 fully saturated rings. The van der Waals surface area contributed by atoms with E-state index >= 15 is 0 Å². The van der Waals surface area contributed by atoms with Crippen molar-refractivity contribution in [2.24, 2.45) is 0 Å². The molecule has 0 spiro atoms. The lowest BCUT2D eigenvalue weighted by Crippen LogP contribution is -2.35. The van der Waals surface area contributed by atoms with Crippen LogP contribution in [0.5, 0.6) is 0 Å². The third-order valence-electron chi connectivity index (χ3n) is 4.43. The highest BCUT2D eigenvalue weighted by Crippen LogP contribution is 2.31. The second-order valence-electron chi connectivity index (χ2n) is 6.25. The number of amides is 1. The Morgan fingerprint density at radius 1 is 1.15 bits per heavy atom. The summed E-state index contributed by atoms with van der Waals surface area (Å²) in [5.74, 6) is 0.632. The number of carbonyl (C=O) groups is 1. The minimum atomic E-state index is -0.286. The van der Waals surface area contributed by atoms with Crippen LogP contribution in [0.3, 0.4) is 0 Å². The van der Waals surface area contributed by atoms with Gasteiger partial charge in [-0.2, -0.15) is 0 Å². The van der Waals surface area contributed by atoms with Crippen LogP contribution < -0.4 is 4.90 Å². The Morgan fingerprint density at radius 3 is 2.77 bits per heavy atom. The van der Waals surface area contributed by atoms with Gasteiger partial charge in [0.25, 0.3) is 5.22 Å². The monoisotopic (exact) mass is 365 g/mol. The van der Waals surface area contributed by atoms with Crippen LogP contribution in [-0.4, -0.2) is 27.9 Å². The molecule has 0 saturated heterocycles. The summed E-state index contributed by atoms with van der Waals surface area (Å²) in [4.78, 5) is 14.7. The lowest BCUT2D eigenvalue weighted by molar-refractivity contribution is -0.117. The molecule has 0 radical (unpaired) electrons. The smallest absolute Gasteiger partial charge is 0.277 e. The number of rotatable bonds is 5. The third kappa shape index (κ3) is 3.51. The number of aromatic nitrogens is 2. The quantitative estimate of drug-likeness (QED) is 0.645. The summed E-state index contributed by atoms with van der Waals surface area (Å²) in [6.07, 6.45) is 1.50. The molecule has 3 aromatic rings. The Bertz CT molecular complexity index is 910. The van der Waals surface area contributed by atoms with Crippen LogP contribution in [0.4, 0.5) is 5.69 Å². The fraction of sp³-hybridized carbons (Fsp3) is 0.250. The van der Waals surface area contributed by atoms with Crippen LogP contribution in [-0.2, 0) is 17.6 Å². The van der Waals surface area contributed by atoms with Gasteiger partial charge in [0, 0.05) is 12.2 Å². The van der Waals surface area contributed by atoms with E-state index in [2.05, 4.69) is 16.3 Å². The molecule has 1 aliphatic rings. The Morgan fingerprint density at radius 2 is 1.92 bits per heavy atom. The molecule has 5 nitrogen and oxygen atoms in total. The molecular weight excluding hydrogens is 346 g/mol. The minimum absolute atomic E-state index is 0.0720. The van der Waals surface area contributed by atoms with Crippen LogP contribution in [0.1, 0.15) is 23.9 Å². The molecule has 0 bridgehead atoms. The van der Waals surface area contributed by atoms with Crippen molar-refractivity contribution in [3.8, 4) is 0 Å². The molecule has 0 unspecified atom stereocenters. The average molecular weight is 365 g/mol. The second-order valence-corrected chi connectivity index (χ2v) is 7.54. The van der Waals surface area contributed by atoms with Gasteiger partial charge in [-0.15, -0.1) is 10.2 Å². The number of hydrogen-bond donors (Lipinski definition) is 0. The van der Waals surface area contributed by atoms with Crippen molar-refractivity contribution in [1.29, 1.82) is 0 Å². The van der Waals surface area contributed by atoms with E-state index in [1.807, 2.05) is 60.4 Å². The molecular formula is C20H19N3O2S. The van der Waals surface area contributed by atoms with Crippen molar-refractivity contribution in [3.05, 3.63) is 71.6 Å². The number of para-hydroxylation sites is 1. The van der Waals surface area contributed by atoms with E-state index in [9.17, 15) is 4.79 Å². The molecule has 1 amide bonds. The van der Waals surface area contributed by atoms with Crippen LogP contribution >= 0.6 is 11.8 Å². The third-order valence-corrected chi connectivity index (χ3v) is 5.35. The molecule has 2 aromatic carbocycles. The topological polar surface area (TPSA) is 59.2 Å². The first-order chi connectivity index (χ1) is 12.7. The maximum Gasteiger partial charge on any atom is 0.277 e. The van der Waals surface area contributed by atoms with E-state index in [0.717, 1.165) is 24.2 Å². The Hall–Kier alpha value is -2.60. The zero-order valence-electron chi connectivity index (χ0n) is 14.5. The minimum Gasteiger partial charge on any atom is -0.416 e. The zero-order valence-corrected chi connectivity index (χ0v) is 15.3. The van der Waals surface area contributed by atoms with E-state index in [-0.39, 0.29) is 11.2 Å². The molecule has 26 heavy (non-hydrogen) atoms. The number of benzene rings is 2. The zero-order chi connectivity index (χ0) is 17.9. The van der Waals surface area contributed by atoms with Crippen LogP contribution in [0.15, 0.2) is 64.2 Å². The number of fused-ring (bicyclic) bond motifs is 1. The number of thioether (sulfide) groups is 1. The number of nitrogens with zero attached hydrogens (tertiary/aromatic N) is 3. The summed E-state index contributed by atoms with van der Waals surface area (Å²) in [7, 11) is 0. The molecule has 1 aromatic heterocycles. The summed E-state index contributed by atoms with van der Waals surface area (Å²) < 4.78 is 5.71. The van der Waals surface area contributed by atoms with Gasteiger partial charge in [-0.1, -0.05) is 60.3 Å². The number of carbonyl (C=O) groups excluding carboxylic acids is 1. The van der Waals surface area contributed by atoms with Crippen LogP contribution in [0.25, 0.3) is 0 Å². The van der Waals surface area contributed by atoms with Crippen LogP contribution in [0, 0.1) is 0 Å². The highest BCUT2D eigenvalue weighted by Gasteiger charge is 2.29. The van der Waals surface area contributed by atoms with Crippen molar-refractivity contribution in [3.63, 3.8) is 0 Å². The lowest BCUT2D eigenvalue weighted by Gasteiger charge is -2.20. The highest BCUT2D eigenvalue weighted by atomic mass is 32.2. The van der Waals surface area contributed by atoms with E-state index in [0.29, 0.717) is 17.5 Å². The first-order valence-electron chi connectivity index (χ1n) is 8.63. The van der Waals surface area contributed by atoms with Gasteiger partial charge < -0.3 is 9.32 Å². The van der Waals surface area contributed by atoms with Gasteiger partial charge in [-0.3, -0.25) is 4.79 Å². The molecule has 1 atom stereocenters. The summed E-state index contributed by atoms with van der Waals surface area (Å²) in [5, 5.41) is 8.32. The summed E-state index contributed by atoms with van der Waals surface area (Å²) in [6.45, 7) is 2.61. The second kappa shape index (κ2) is 7.33. The van der Waals surface area contributed by atoms with Gasteiger partial charge in [0.2, 0.25) is 11.8 Å². The molecule has 6 heteroatoms. The van der Waals surface area contributed by atoms with Crippen molar-refractivity contribution in [2.45, 2.75) is 30.2 Å². The van der Waals surface area contributed by atoms with Crippen molar-refractivity contribution in [1.82, 2.24) is 10.2 Å². The predicted octanol–water partition coefficient (Wildman–Crippen LogP) is 3.73. The first-order valence-corrected chi connectivity index (χ1v) is 9.51. The SMILES string of the molecule is C[C@@H](Sc1nnc(Cc2ccccc2)o1)C(=O)N1CCc2ccccc21. The molecule has 0 N–H and O–H groups in total. The molecule has 4 rings (SSSR count). The van der Waals surface area contributed by atoms with E-state index in [4.69, 9.17) is 4.42 Å². The van der Waals surface area contributed by atoms with Crippen molar-refractivity contribution in [2.75, 3.05) is 11.4 Å². The maximum absolute atomic E-state index is 12.8. The predicted molar refractivity (Wildman–Crippen MR) is 101 cm³/mol. The van der Waals surface area contributed by atoms with E-state index in [1.165, 1.54) is 17.3 Å². The Balaban J connectivity index is 1.41. The summed E-state index contributed by atoms with van der Waals surface area (Å²) in [6, 6.07) is 18.0. The van der Waals surface area contributed by atoms with Crippen molar-refractivity contribution >= 4 is 23.4 Å². The van der Waals surface area contributed by atoms with E-state index < -0.39 is 0 Å². The molecule has 0 saturated carbocycles. The van der Waals surface area contributed by atoms with Crippen molar-refractivity contribution < 1.29 is 9.21 Å². The average Bonchev–Trinajstić information content (AvgIpc) is 3.29. The van der Waals surface area contributed by atoms with Gasteiger partial charge in [0.05, 0.1) is 11.7 Å². The number of hydrogen-bond acceptors (Lipinski definition) is 5. The van der Waals surface area contributed by atoms with Gasteiger partial charge in [0.1, 0.15) is 0 Å². The number of anilines is 1. The Kier molecular flexibility index (Phi) is 4.75.